The number of carbonyl (C=O) groups excluding carboxylic acids is 1. The molecule has 2 rings (SSSR count). The van der Waals surface area contributed by atoms with E-state index in [4.69, 9.17) is 0 Å². The maximum absolute atomic E-state index is 12.4. The second kappa shape index (κ2) is 6.83. The maximum Gasteiger partial charge on any atom is 0.235 e. The van der Waals surface area contributed by atoms with Crippen molar-refractivity contribution < 1.29 is 4.79 Å². The second-order valence-corrected chi connectivity index (χ2v) is 6.23. The van der Waals surface area contributed by atoms with E-state index in [2.05, 4.69) is 12.1 Å². The van der Waals surface area contributed by atoms with Gasteiger partial charge in [0.1, 0.15) is 0 Å². The molecule has 18 heavy (non-hydrogen) atoms. The van der Waals surface area contributed by atoms with Crippen LogP contribution in [0.5, 0.6) is 0 Å². The number of hydrogen-bond acceptors (Lipinski definition) is 2. The van der Waals surface area contributed by atoms with Crippen LogP contribution in [0.4, 0.5) is 0 Å². The lowest BCUT2D eigenvalue weighted by Crippen LogP contribution is -2.37. The number of carbonyl (C=O) groups is 1. The lowest BCUT2D eigenvalue weighted by Gasteiger charge is -2.23. The minimum atomic E-state index is 0.0190. The average molecular weight is 263 g/mol. The summed E-state index contributed by atoms with van der Waals surface area (Å²) in [6.07, 6.45) is 4.86. The summed E-state index contributed by atoms with van der Waals surface area (Å²) in [5.74, 6) is 0.297. The normalized spacial score (nSPS) is 18.2. The topological polar surface area (TPSA) is 20.3 Å². The molecule has 98 valence electrons. The van der Waals surface area contributed by atoms with Gasteiger partial charge in [-0.3, -0.25) is 4.79 Å². The molecule has 1 fully saturated rings. The van der Waals surface area contributed by atoms with Crippen molar-refractivity contribution in [2.45, 2.75) is 42.8 Å². The van der Waals surface area contributed by atoms with Gasteiger partial charge in [0.05, 0.1) is 5.25 Å². The van der Waals surface area contributed by atoms with E-state index in [1.165, 1.54) is 17.7 Å². The highest BCUT2D eigenvalue weighted by Gasteiger charge is 2.21. The van der Waals surface area contributed by atoms with Gasteiger partial charge < -0.3 is 4.90 Å². The van der Waals surface area contributed by atoms with E-state index in [0.717, 1.165) is 25.9 Å². The molecule has 0 unspecified atom stereocenters. The number of nitrogens with zero attached hydrogens (tertiary/aromatic N) is 1. The number of benzene rings is 1. The molecule has 1 saturated heterocycles. The Kier molecular flexibility index (Phi) is 5.12. The van der Waals surface area contributed by atoms with Gasteiger partial charge in [-0.1, -0.05) is 31.0 Å². The van der Waals surface area contributed by atoms with E-state index in [9.17, 15) is 4.79 Å². The summed E-state index contributed by atoms with van der Waals surface area (Å²) in [4.78, 5) is 15.6. The van der Waals surface area contributed by atoms with E-state index < -0.39 is 0 Å². The summed E-state index contributed by atoms with van der Waals surface area (Å²) in [6, 6.07) is 10.2. The number of thioether (sulfide) groups is 1. The molecule has 1 aromatic rings. The van der Waals surface area contributed by atoms with E-state index in [-0.39, 0.29) is 5.25 Å². The van der Waals surface area contributed by atoms with Crippen molar-refractivity contribution in [3.05, 3.63) is 30.3 Å². The van der Waals surface area contributed by atoms with Crippen LogP contribution in [0.2, 0.25) is 0 Å². The first-order chi connectivity index (χ1) is 8.77. The predicted octanol–water partition coefficient (Wildman–Crippen LogP) is 3.57. The van der Waals surface area contributed by atoms with Gasteiger partial charge in [0.2, 0.25) is 5.91 Å². The first kappa shape index (κ1) is 13.5. The average Bonchev–Trinajstić information content (AvgIpc) is 2.68. The molecule has 0 N–H and O–H groups in total. The van der Waals surface area contributed by atoms with Gasteiger partial charge >= 0.3 is 0 Å². The molecule has 2 nitrogen and oxygen atoms in total. The van der Waals surface area contributed by atoms with Crippen LogP contribution in [-0.4, -0.2) is 29.1 Å². The van der Waals surface area contributed by atoms with Crippen LogP contribution < -0.4 is 0 Å². The molecule has 0 bridgehead atoms. The smallest absolute Gasteiger partial charge is 0.235 e. The van der Waals surface area contributed by atoms with E-state index in [1.54, 1.807) is 11.8 Å². The molecular formula is C15H21NOS. The second-order valence-electron chi connectivity index (χ2n) is 4.81. The van der Waals surface area contributed by atoms with Crippen LogP contribution >= 0.6 is 11.8 Å². The van der Waals surface area contributed by atoms with Crippen molar-refractivity contribution in [1.82, 2.24) is 4.90 Å². The molecular weight excluding hydrogens is 242 g/mol. The van der Waals surface area contributed by atoms with Gasteiger partial charge in [-0.2, -0.15) is 0 Å². The number of rotatable bonds is 3. The van der Waals surface area contributed by atoms with E-state index in [1.807, 2.05) is 30.0 Å². The number of likely N-dealkylation sites (tertiary alicyclic amines) is 1. The third kappa shape index (κ3) is 3.77. The molecule has 1 aliphatic rings. The fourth-order valence-electron chi connectivity index (χ4n) is 2.30. The summed E-state index contributed by atoms with van der Waals surface area (Å²) in [6.45, 7) is 3.90. The van der Waals surface area contributed by atoms with Crippen LogP contribution in [0.25, 0.3) is 0 Å². The van der Waals surface area contributed by atoms with Crippen LogP contribution in [0.3, 0.4) is 0 Å². The highest BCUT2D eigenvalue weighted by Crippen LogP contribution is 2.24. The van der Waals surface area contributed by atoms with Crippen molar-refractivity contribution in [3.63, 3.8) is 0 Å². The molecule has 0 aromatic heterocycles. The predicted molar refractivity (Wildman–Crippen MR) is 76.8 cm³/mol. The number of hydrogen-bond donors (Lipinski definition) is 0. The van der Waals surface area contributed by atoms with E-state index in [0.29, 0.717) is 5.91 Å². The summed E-state index contributed by atoms with van der Waals surface area (Å²) >= 11 is 1.66. The maximum atomic E-state index is 12.4. The standard InChI is InChI=1S/C15H21NOS/c1-13(18-14-9-5-4-6-10-14)15(17)16-11-7-2-3-8-12-16/h4-6,9-10,13H,2-3,7-8,11-12H2,1H3/t13-/m0/s1. The van der Waals surface area contributed by atoms with Gasteiger partial charge in [-0.15, -0.1) is 11.8 Å². The van der Waals surface area contributed by atoms with Crippen LogP contribution in [-0.2, 0) is 4.79 Å². The monoisotopic (exact) mass is 263 g/mol. The molecule has 0 radical (unpaired) electrons. The van der Waals surface area contributed by atoms with Crippen LogP contribution in [0.1, 0.15) is 32.6 Å². The lowest BCUT2D eigenvalue weighted by atomic mass is 10.2. The molecule has 3 heteroatoms. The van der Waals surface area contributed by atoms with E-state index >= 15 is 0 Å². The Morgan fingerprint density at radius 1 is 1.11 bits per heavy atom. The molecule has 1 atom stereocenters. The van der Waals surface area contributed by atoms with Gasteiger partial charge in [0.15, 0.2) is 0 Å². The van der Waals surface area contributed by atoms with Crippen LogP contribution in [0.15, 0.2) is 35.2 Å². The molecule has 0 aliphatic carbocycles. The highest BCUT2D eigenvalue weighted by atomic mass is 32.2. The quantitative estimate of drug-likeness (QED) is 0.777. The zero-order valence-corrected chi connectivity index (χ0v) is 11.8. The van der Waals surface area contributed by atoms with Crippen molar-refractivity contribution >= 4 is 17.7 Å². The Morgan fingerprint density at radius 3 is 2.33 bits per heavy atom. The summed E-state index contributed by atoms with van der Waals surface area (Å²) in [7, 11) is 0. The Labute approximate surface area is 114 Å². The summed E-state index contributed by atoms with van der Waals surface area (Å²) < 4.78 is 0. The first-order valence-electron chi connectivity index (χ1n) is 6.78. The van der Waals surface area contributed by atoms with Crippen LogP contribution in [0, 0.1) is 0 Å². The Morgan fingerprint density at radius 2 is 1.72 bits per heavy atom. The molecule has 1 aliphatic heterocycles. The zero-order valence-electron chi connectivity index (χ0n) is 11.0. The van der Waals surface area contributed by atoms with Crippen molar-refractivity contribution in [2.75, 3.05) is 13.1 Å². The third-order valence-electron chi connectivity index (χ3n) is 3.32. The molecule has 1 amide bonds. The summed E-state index contributed by atoms with van der Waals surface area (Å²) in [5.41, 5.74) is 0. The number of amides is 1. The minimum Gasteiger partial charge on any atom is -0.342 e. The van der Waals surface area contributed by atoms with Gasteiger partial charge in [-0.25, -0.2) is 0 Å². The molecule has 0 saturated carbocycles. The van der Waals surface area contributed by atoms with Gasteiger partial charge in [-0.05, 0) is 31.9 Å². The first-order valence-corrected chi connectivity index (χ1v) is 7.66. The van der Waals surface area contributed by atoms with Crippen molar-refractivity contribution in [2.24, 2.45) is 0 Å². The van der Waals surface area contributed by atoms with Gasteiger partial charge in [0.25, 0.3) is 0 Å². The largest absolute Gasteiger partial charge is 0.342 e. The summed E-state index contributed by atoms with van der Waals surface area (Å²) in [5, 5.41) is 0.0190. The fraction of sp³-hybridized carbons (Fsp3) is 0.533. The Hall–Kier alpha value is -0.960. The SMILES string of the molecule is C[C@H](Sc1ccccc1)C(=O)N1CCCCCC1. The highest BCUT2D eigenvalue weighted by molar-refractivity contribution is 8.00. The lowest BCUT2D eigenvalue weighted by molar-refractivity contribution is -0.130. The third-order valence-corrected chi connectivity index (χ3v) is 4.42. The van der Waals surface area contributed by atoms with Crippen molar-refractivity contribution in [3.8, 4) is 0 Å². The zero-order chi connectivity index (χ0) is 12.8. The molecule has 0 spiro atoms. The minimum absolute atomic E-state index is 0.0190. The van der Waals surface area contributed by atoms with Crippen molar-refractivity contribution in [1.29, 1.82) is 0 Å². The Balaban J connectivity index is 1.91. The Bertz CT molecular complexity index is 371. The molecule has 1 heterocycles. The fourth-order valence-corrected chi connectivity index (χ4v) is 3.27. The molecule has 1 aromatic carbocycles. The van der Waals surface area contributed by atoms with Gasteiger partial charge in [0, 0.05) is 18.0 Å².